The Morgan fingerprint density at radius 2 is 1.88 bits per heavy atom. The van der Waals surface area contributed by atoms with Gasteiger partial charge >= 0.3 is 10.1 Å². The van der Waals surface area contributed by atoms with Gasteiger partial charge in [0.25, 0.3) is 0 Å². The smallest absolute Gasteiger partial charge is 0.281 e. The standard InChI is InChI=1S/C10H10N2O3S/c13-16(14,15)10-6-7-12(11-10)8-9-4-2-1-3-5-9/h1-7H,8H2,(H,13,14,15). The molecule has 0 unspecified atom stereocenters. The van der Waals surface area contributed by atoms with Gasteiger partial charge in [-0.25, -0.2) is 0 Å². The zero-order valence-corrected chi connectivity index (χ0v) is 9.13. The summed E-state index contributed by atoms with van der Waals surface area (Å²) in [5.41, 5.74) is 1.01. The van der Waals surface area contributed by atoms with Crippen molar-refractivity contribution in [2.75, 3.05) is 0 Å². The highest BCUT2D eigenvalue weighted by molar-refractivity contribution is 7.85. The topological polar surface area (TPSA) is 72.2 Å². The lowest BCUT2D eigenvalue weighted by Gasteiger charge is -2.00. The van der Waals surface area contributed by atoms with Gasteiger partial charge in [0.05, 0.1) is 6.54 Å². The van der Waals surface area contributed by atoms with Crippen LogP contribution in [0.2, 0.25) is 0 Å². The molecular formula is C10H10N2O3S. The first-order chi connectivity index (χ1) is 7.55. The molecule has 84 valence electrons. The maximum atomic E-state index is 10.8. The average Bonchev–Trinajstić information content (AvgIpc) is 2.67. The second-order valence-corrected chi connectivity index (χ2v) is 4.68. The van der Waals surface area contributed by atoms with Crippen LogP contribution in [0.1, 0.15) is 5.56 Å². The van der Waals surface area contributed by atoms with Crippen molar-refractivity contribution in [3.63, 3.8) is 0 Å². The fourth-order valence-electron chi connectivity index (χ4n) is 1.34. The van der Waals surface area contributed by atoms with Gasteiger partial charge in [-0.3, -0.25) is 9.23 Å². The molecule has 2 aromatic rings. The summed E-state index contributed by atoms with van der Waals surface area (Å²) < 4.78 is 31.8. The Kier molecular flexibility index (Phi) is 2.76. The maximum absolute atomic E-state index is 10.8. The summed E-state index contributed by atoms with van der Waals surface area (Å²) in [5, 5.41) is 3.43. The third-order valence-electron chi connectivity index (χ3n) is 2.07. The van der Waals surface area contributed by atoms with Crippen LogP contribution in [0, 0.1) is 0 Å². The quantitative estimate of drug-likeness (QED) is 0.815. The number of nitrogens with zero attached hydrogens (tertiary/aromatic N) is 2. The van der Waals surface area contributed by atoms with Crippen LogP contribution in [0.15, 0.2) is 47.6 Å². The molecule has 0 fully saturated rings. The Hall–Kier alpha value is -1.66. The fourth-order valence-corrected chi connectivity index (χ4v) is 1.78. The van der Waals surface area contributed by atoms with Gasteiger partial charge in [-0.1, -0.05) is 30.3 Å². The van der Waals surface area contributed by atoms with Gasteiger partial charge in [0.15, 0.2) is 0 Å². The van der Waals surface area contributed by atoms with Crippen molar-refractivity contribution in [2.24, 2.45) is 0 Å². The molecule has 5 nitrogen and oxygen atoms in total. The molecule has 0 spiro atoms. The summed E-state index contributed by atoms with van der Waals surface area (Å²) in [6, 6.07) is 10.8. The molecule has 0 amide bonds. The molecule has 0 aliphatic carbocycles. The van der Waals surface area contributed by atoms with Gasteiger partial charge in [0.2, 0.25) is 5.03 Å². The van der Waals surface area contributed by atoms with Crippen molar-refractivity contribution in [1.29, 1.82) is 0 Å². The summed E-state index contributed by atoms with van der Waals surface area (Å²) in [5.74, 6) is 0. The van der Waals surface area contributed by atoms with Crippen molar-refractivity contribution in [1.82, 2.24) is 9.78 Å². The first-order valence-electron chi connectivity index (χ1n) is 4.60. The summed E-state index contributed by atoms with van der Waals surface area (Å²) in [4.78, 5) is 0. The van der Waals surface area contributed by atoms with E-state index < -0.39 is 10.1 Å². The number of benzene rings is 1. The van der Waals surface area contributed by atoms with Crippen LogP contribution in [-0.2, 0) is 16.7 Å². The first-order valence-corrected chi connectivity index (χ1v) is 6.04. The minimum absolute atomic E-state index is 0.330. The predicted molar refractivity (Wildman–Crippen MR) is 57.6 cm³/mol. The highest BCUT2D eigenvalue weighted by Crippen LogP contribution is 2.06. The molecule has 0 aliphatic rings. The van der Waals surface area contributed by atoms with E-state index in [0.29, 0.717) is 6.54 Å². The van der Waals surface area contributed by atoms with Crippen molar-refractivity contribution >= 4 is 10.1 Å². The average molecular weight is 238 g/mol. The molecule has 1 heterocycles. The van der Waals surface area contributed by atoms with Crippen molar-refractivity contribution in [2.45, 2.75) is 11.6 Å². The molecule has 1 aromatic heterocycles. The Bertz CT molecular complexity index is 575. The third-order valence-corrected chi connectivity index (χ3v) is 2.81. The molecule has 0 radical (unpaired) electrons. The van der Waals surface area contributed by atoms with E-state index in [4.69, 9.17) is 4.55 Å². The highest BCUT2D eigenvalue weighted by atomic mass is 32.2. The summed E-state index contributed by atoms with van der Waals surface area (Å²) in [6.07, 6.45) is 1.51. The Balaban J connectivity index is 2.22. The zero-order valence-electron chi connectivity index (χ0n) is 8.31. The van der Waals surface area contributed by atoms with E-state index in [0.717, 1.165) is 5.56 Å². The van der Waals surface area contributed by atoms with E-state index in [1.54, 1.807) is 0 Å². The molecule has 0 saturated heterocycles. The normalized spacial score (nSPS) is 11.6. The number of aromatic nitrogens is 2. The predicted octanol–water partition coefficient (Wildman–Crippen LogP) is 1.18. The maximum Gasteiger partial charge on any atom is 0.313 e. The largest absolute Gasteiger partial charge is 0.313 e. The van der Waals surface area contributed by atoms with E-state index in [-0.39, 0.29) is 5.03 Å². The minimum Gasteiger partial charge on any atom is -0.281 e. The van der Waals surface area contributed by atoms with Crippen LogP contribution in [0.25, 0.3) is 0 Å². The minimum atomic E-state index is -4.21. The SMILES string of the molecule is O=S(=O)(O)c1ccn(Cc2ccccc2)n1. The van der Waals surface area contributed by atoms with Gasteiger partial charge in [-0.15, -0.1) is 0 Å². The van der Waals surface area contributed by atoms with Gasteiger partial charge in [-0.2, -0.15) is 13.5 Å². The lowest BCUT2D eigenvalue weighted by Crippen LogP contribution is -2.04. The van der Waals surface area contributed by atoms with Crippen LogP contribution in [0.4, 0.5) is 0 Å². The molecule has 0 bridgehead atoms. The van der Waals surface area contributed by atoms with Crippen molar-refractivity contribution in [3.8, 4) is 0 Å². The van der Waals surface area contributed by atoms with Crippen LogP contribution in [0.5, 0.6) is 0 Å². The van der Waals surface area contributed by atoms with Gasteiger partial charge < -0.3 is 0 Å². The number of hydrogen-bond donors (Lipinski definition) is 1. The lowest BCUT2D eigenvalue weighted by atomic mass is 10.2. The van der Waals surface area contributed by atoms with Gasteiger partial charge in [0.1, 0.15) is 0 Å². The number of rotatable bonds is 3. The van der Waals surface area contributed by atoms with Crippen LogP contribution in [0.3, 0.4) is 0 Å². The van der Waals surface area contributed by atoms with Gasteiger partial charge in [-0.05, 0) is 11.6 Å². The molecular weight excluding hydrogens is 228 g/mol. The van der Waals surface area contributed by atoms with E-state index in [2.05, 4.69) is 5.10 Å². The molecule has 0 saturated carbocycles. The van der Waals surface area contributed by atoms with Crippen LogP contribution in [-0.4, -0.2) is 22.8 Å². The lowest BCUT2D eigenvalue weighted by molar-refractivity contribution is 0.476. The fraction of sp³-hybridized carbons (Fsp3) is 0.100. The second kappa shape index (κ2) is 4.07. The molecule has 1 aromatic carbocycles. The summed E-state index contributed by atoms with van der Waals surface area (Å²) in [7, 11) is -4.21. The highest BCUT2D eigenvalue weighted by Gasteiger charge is 2.12. The van der Waals surface area contributed by atoms with Crippen molar-refractivity contribution in [3.05, 3.63) is 48.2 Å². The number of hydrogen-bond acceptors (Lipinski definition) is 3. The van der Waals surface area contributed by atoms with Crippen LogP contribution < -0.4 is 0 Å². The monoisotopic (exact) mass is 238 g/mol. The zero-order chi connectivity index (χ0) is 11.6. The molecule has 0 atom stereocenters. The first kappa shape index (κ1) is 10.8. The van der Waals surface area contributed by atoms with Crippen LogP contribution >= 0.6 is 0 Å². The Labute approximate surface area is 93.1 Å². The third kappa shape index (κ3) is 2.47. The second-order valence-electron chi connectivity index (χ2n) is 3.31. The van der Waals surface area contributed by atoms with Gasteiger partial charge in [0, 0.05) is 6.20 Å². The van der Waals surface area contributed by atoms with E-state index in [1.165, 1.54) is 16.9 Å². The van der Waals surface area contributed by atoms with E-state index >= 15 is 0 Å². The van der Waals surface area contributed by atoms with E-state index in [1.807, 2.05) is 30.3 Å². The molecule has 2 rings (SSSR count). The Morgan fingerprint density at radius 3 is 2.44 bits per heavy atom. The molecule has 16 heavy (non-hydrogen) atoms. The van der Waals surface area contributed by atoms with Crippen molar-refractivity contribution < 1.29 is 13.0 Å². The van der Waals surface area contributed by atoms with E-state index in [9.17, 15) is 8.42 Å². The summed E-state index contributed by atoms with van der Waals surface area (Å²) >= 11 is 0. The summed E-state index contributed by atoms with van der Waals surface area (Å²) in [6.45, 7) is 0.469. The molecule has 1 N–H and O–H groups in total. The molecule has 6 heteroatoms. The molecule has 0 aliphatic heterocycles. The Morgan fingerprint density at radius 1 is 1.19 bits per heavy atom.